The highest BCUT2D eigenvalue weighted by molar-refractivity contribution is 7.45. The van der Waals surface area contributed by atoms with E-state index >= 15 is 0 Å². The molecule has 0 aliphatic rings. The van der Waals surface area contributed by atoms with Gasteiger partial charge < -0.3 is 28.8 Å². The molecule has 9 heteroatoms. The molecule has 2 N–H and O–H groups in total. The van der Waals surface area contributed by atoms with Crippen molar-refractivity contribution in [2.24, 2.45) is 0 Å². The van der Waals surface area contributed by atoms with Crippen LogP contribution in [0.1, 0.15) is 245 Å². The SMILES string of the molecule is CC/C=C\C/C=C\C/C=C\C/C=C\C/C=C\C/C=C\C/C=C\C/C=C\CCCCCCCCCCCCCCCCC(=O)NC(COP(=O)([O-])OCC[N+](C)(C)C)C(O)/C=C/CC/C=C/CC/C=C/CCCCCCCCC. The van der Waals surface area contributed by atoms with Crippen LogP contribution in [0.5, 0.6) is 0 Å². The van der Waals surface area contributed by atoms with Crippen LogP contribution in [-0.2, 0) is 18.4 Å². The minimum atomic E-state index is -4.62. The fourth-order valence-electron chi connectivity index (χ4n) is 8.44. The Bertz CT molecular complexity index is 1730. The molecule has 0 heterocycles. The summed E-state index contributed by atoms with van der Waals surface area (Å²) in [6, 6.07) is -0.918. The number of hydrogen-bond donors (Lipinski definition) is 2. The molecule has 0 aromatic rings. The van der Waals surface area contributed by atoms with E-state index in [2.05, 4.69) is 141 Å². The van der Waals surface area contributed by atoms with Gasteiger partial charge in [0.1, 0.15) is 13.2 Å². The zero-order chi connectivity index (χ0) is 57.0. The number of hydrogen-bond acceptors (Lipinski definition) is 6. The summed E-state index contributed by atoms with van der Waals surface area (Å²) >= 11 is 0. The Hall–Kier alpha value is -3.36. The van der Waals surface area contributed by atoms with E-state index in [9.17, 15) is 19.4 Å². The van der Waals surface area contributed by atoms with Crippen molar-refractivity contribution in [2.75, 3.05) is 40.9 Å². The van der Waals surface area contributed by atoms with Crippen molar-refractivity contribution in [1.29, 1.82) is 0 Å². The number of aliphatic hydroxyl groups excluding tert-OH is 1. The lowest BCUT2D eigenvalue weighted by Gasteiger charge is -2.29. The van der Waals surface area contributed by atoms with Crippen molar-refractivity contribution in [3.05, 3.63) is 134 Å². The number of aliphatic hydroxyl groups is 1. The Kier molecular flexibility index (Phi) is 55.8. The highest BCUT2D eigenvalue weighted by atomic mass is 31.2. The smallest absolute Gasteiger partial charge is 0.268 e. The predicted molar refractivity (Wildman–Crippen MR) is 338 cm³/mol. The van der Waals surface area contributed by atoms with Gasteiger partial charge in [-0.1, -0.05) is 263 Å². The minimum absolute atomic E-state index is 0.0143. The number of nitrogens with zero attached hydrogens (tertiary/aromatic N) is 1. The Morgan fingerprint density at radius 1 is 0.462 bits per heavy atom. The molecule has 0 saturated carbocycles. The first kappa shape index (κ1) is 74.6. The van der Waals surface area contributed by atoms with Crippen LogP contribution < -0.4 is 10.2 Å². The maximum atomic E-state index is 13.0. The van der Waals surface area contributed by atoms with Crippen LogP contribution in [0.3, 0.4) is 0 Å². The zero-order valence-electron chi connectivity index (χ0n) is 50.8. The summed E-state index contributed by atoms with van der Waals surface area (Å²) in [5, 5.41) is 13.9. The average molecular weight is 1100 g/mol. The van der Waals surface area contributed by atoms with Crippen molar-refractivity contribution in [2.45, 2.75) is 257 Å². The van der Waals surface area contributed by atoms with E-state index in [1.165, 1.54) is 128 Å². The van der Waals surface area contributed by atoms with E-state index in [1.54, 1.807) is 6.08 Å². The largest absolute Gasteiger partial charge is 0.756 e. The number of amides is 1. The highest BCUT2D eigenvalue weighted by Crippen LogP contribution is 2.38. The van der Waals surface area contributed by atoms with E-state index < -0.39 is 26.6 Å². The van der Waals surface area contributed by atoms with Crippen LogP contribution in [-0.4, -0.2) is 68.5 Å². The molecule has 0 saturated heterocycles. The van der Waals surface area contributed by atoms with Crippen LogP contribution in [0.4, 0.5) is 0 Å². The second-order valence-electron chi connectivity index (χ2n) is 22.0. The summed E-state index contributed by atoms with van der Waals surface area (Å²) in [7, 11) is 1.22. The minimum Gasteiger partial charge on any atom is -0.756 e. The van der Waals surface area contributed by atoms with E-state index in [-0.39, 0.29) is 12.5 Å². The molecule has 0 spiro atoms. The van der Waals surface area contributed by atoms with Gasteiger partial charge in [0, 0.05) is 6.42 Å². The number of quaternary nitrogens is 1. The third-order valence-corrected chi connectivity index (χ3v) is 14.3. The van der Waals surface area contributed by atoms with Crippen LogP contribution in [0.25, 0.3) is 0 Å². The molecule has 0 aromatic carbocycles. The van der Waals surface area contributed by atoms with E-state index in [1.807, 2.05) is 27.2 Å². The maximum Gasteiger partial charge on any atom is 0.268 e. The molecule has 3 atom stereocenters. The Morgan fingerprint density at radius 2 is 0.795 bits per heavy atom. The molecular weight excluding hydrogens is 984 g/mol. The Labute approximate surface area is 481 Å². The summed E-state index contributed by atoms with van der Waals surface area (Å²) in [6.07, 6.45) is 88.3. The van der Waals surface area contributed by atoms with Crippen molar-refractivity contribution in [1.82, 2.24) is 5.32 Å². The second kappa shape index (κ2) is 58.3. The number of rotatable bonds is 56. The molecule has 0 rings (SSSR count). The average Bonchev–Trinajstić information content (AvgIpc) is 3.40. The number of phosphoric acid groups is 1. The summed E-state index contributed by atoms with van der Waals surface area (Å²) in [6.45, 7) is 4.49. The maximum absolute atomic E-state index is 13.0. The summed E-state index contributed by atoms with van der Waals surface area (Å²) in [5.41, 5.74) is 0. The molecule has 3 unspecified atom stereocenters. The lowest BCUT2D eigenvalue weighted by atomic mass is 10.0. The van der Waals surface area contributed by atoms with E-state index in [0.29, 0.717) is 17.4 Å². The number of phosphoric ester groups is 1. The van der Waals surface area contributed by atoms with Gasteiger partial charge in [-0.25, -0.2) is 0 Å². The van der Waals surface area contributed by atoms with Crippen LogP contribution in [0.2, 0.25) is 0 Å². The molecular formula is C69H119N2O6P. The first-order valence-electron chi connectivity index (χ1n) is 31.5. The molecule has 0 bridgehead atoms. The lowest BCUT2D eigenvalue weighted by Crippen LogP contribution is -2.45. The van der Waals surface area contributed by atoms with Crippen molar-refractivity contribution < 1.29 is 32.9 Å². The molecule has 1 amide bonds. The standard InChI is InChI=1S/C69H119N2O6P/c1-6-8-10-12-14-16-18-20-22-24-25-26-27-28-29-30-31-32-33-34-35-36-37-38-39-40-41-42-43-44-45-47-49-51-53-55-57-59-61-63-69(73)70-67(66-77-78(74,75)76-65-64-71(3,4)5)68(72)62-60-58-56-54-52-50-48-46-23-21-19-17-15-13-11-9-7-2/h8,10,14,16,20,22-23,25-26,28-29,31-32,34-35,37-38,46,52,54,60,62,67-68,72H,6-7,9,11-13,15,17-19,21,24,27,30,33,36,39-45,47-51,53,55-59,61,63-66H2,1-5H3,(H-,70,73,74,75)/b10-8-,16-14-,22-20-,26-25-,29-28-,32-31-,35-34-,38-37-,46-23+,54-52+,62-60+. The molecule has 0 aromatic heterocycles. The van der Waals surface area contributed by atoms with E-state index in [4.69, 9.17) is 9.05 Å². The predicted octanol–water partition coefficient (Wildman–Crippen LogP) is 19.2. The number of carbonyl (C=O) groups excluding carboxylic acids is 1. The quantitative estimate of drug-likeness (QED) is 0.0272. The summed E-state index contributed by atoms with van der Waals surface area (Å²) in [4.78, 5) is 25.5. The van der Waals surface area contributed by atoms with Gasteiger partial charge in [0.05, 0.1) is 39.9 Å². The first-order chi connectivity index (χ1) is 38.0. The normalized spacial score (nSPS) is 14.7. The van der Waals surface area contributed by atoms with Gasteiger partial charge >= 0.3 is 0 Å². The molecule has 78 heavy (non-hydrogen) atoms. The van der Waals surface area contributed by atoms with Gasteiger partial charge in [-0.2, -0.15) is 0 Å². The molecule has 0 radical (unpaired) electrons. The van der Waals surface area contributed by atoms with Crippen molar-refractivity contribution in [3.8, 4) is 0 Å². The molecule has 446 valence electrons. The van der Waals surface area contributed by atoms with E-state index in [0.717, 1.165) is 96.3 Å². The summed E-state index contributed by atoms with van der Waals surface area (Å²) in [5.74, 6) is -0.216. The number of unbranched alkanes of at least 4 members (excludes halogenated alkanes) is 23. The fraction of sp³-hybridized carbons (Fsp3) is 0.667. The number of allylic oxidation sites excluding steroid dienone is 21. The first-order valence-corrected chi connectivity index (χ1v) is 33.0. The fourth-order valence-corrected chi connectivity index (χ4v) is 9.16. The third kappa shape index (κ3) is 60.3. The van der Waals surface area contributed by atoms with Gasteiger partial charge in [0.2, 0.25) is 5.91 Å². The van der Waals surface area contributed by atoms with Gasteiger partial charge in [-0.15, -0.1) is 0 Å². The zero-order valence-corrected chi connectivity index (χ0v) is 51.7. The summed E-state index contributed by atoms with van der Waals surface area (Å²) < 4.78 is 23.3. The monoisotopic (exact) mass is 1100 g/mol. The number of carbonyl (C=O) groups is 1. The Morgan fingerprint density at radius 3 is 1.19 bits per heavy atom. The van der Waals surface area contributed by atoms with Gasteiger partial charge in [-0.05, 0) is 109 Å². The van der Waals surface area contributed by atoms with Crippen LogP contribution in [0.15, 0.2) is 134 Å². The van der Waals surface area contributed by atoms with Crippen LogP contribution in [0, 0.1) is 0 Å². The lowest BCUT2D eigenvalue weighted by molar-refractivity contribution is -0.870. The van der Waals surface area contributed by atoms with Crippen molar-refractivity contribution >= 4 is 13.7 Å². The number of nitrogens with one attached hydrogen (secondary N) is 1. The molecule has 0 fully saturated rings. The third-order valence-electron chi connectivity index (χ3n) is 13.3. The topological polar surface area (TPSA) is 108 Å². The van der Waals surface area contributed by atoms with Gasteiger partial charge in [0.25, 0.3) is 7.82 Å². The molecule has 8 nitrogen and oxygen atoms in total. The van der Waals surface area contributed by atoms with Crippen LogP contribution >= 0.6 is 7.82 Å². The molecule has 0 aliphatic carbocycles. The number of likely N-dealkylation sites (N-methyl/N-ethyl adjacent to an activating group) is 1. The Balaban J connectivity index is 4.11. The molecule has 0 aliphatic heterocycles. The highest BCUT2D eigenvalue weighted by Gasteiger charge is 2.23. The second-order valence-corrected chi connectivity index (χ2v) is 23.4. The van der Waals surface area contributed by atoms with Gasteiger partial charge in [0.15, 0.2) is 0 Å². The van der Waals surface area contributed by atoms with Crippen molar-refractivity contribution in [3.63, 3.8) is 0 Å². The van der Waals surface area contributed by atoms with Gasteiger partial charge in [-0.3, -0.25) is 9.36 Å².